The first-order valence-electron chi connectivity index (χ1n) is 14.1. The van der Waals surface area contributed by atoms with Crippen molar-refractivity contribution in [1.29, 1.82) is 0 Å². The van der Waals surface area contributed by atoms with E-state index in [9.17, 15) is 71.5 Å². The lowest BCUT2D eigenvalue weighted by Crippen LogP contribution is -2.63. The molecule has 4 heterocycles. The Labute approximate surface area is 254 Å². The van der Waals surface area contributed by atoms with Crippen LogP contribution in [0.3, 0.4) is 0 Å². The van der Waals surface area contributed by atoms with Gasteiger partial charge in [0.2, 0.25) is 0 Å². The van der Waals surface area contributed by atoms with Crippen LogP contribution < -0.4 is 0 Å². The molecule has 45 heavy (non-hydrogen) atoms. The molecule has 20 atom stereocenters. The van der Waals surface area contributed by atoms with Crippen LogP contribution in [-0.2, 0) is 33.2 Å². The van der Waals surface area contributed by atoms with Crippen molar-refractivity contribution in [3.8, 4) is 0 Å². The van der Waals surface area contributed by atoms with Crippen LogP contribution >= 0.6 is 0 Å². The lowest BCUT2D eigenvalue weighted by molar-refractivity contribution is -0.346. The van der Waals surface area contributed by atoms with E-state index in [0.717, 1.165) is 0 Å². The lowest BCUT2D eigenvalue weighted by atomic mass is 9.98. The summed E-state index contributed by atoms with van der Waals surface area (Å²) in [6.45, 7) is -2.67. The van der Waals surface area contributed by atoms with Crippen molar-refractivity contribution in [2.24, 2.45) is 0 Å². The van der Waals surface area contributed by atoms with Crippen LogP contribution in [0.2, 0.25) is 0 Å². The fourth-order valence-electron chi connectivity index (χ4n) is 5.23. The quantitative estimate of drug-likeness (QED) is 0.103. The summed E-state index contributed by atoms with van der Waals surface area (Å²) in [5, 5.41) is 141. The molecule has 14 N–H and O–H groups in total. The molecule has 21 nitrogen and oxygen atoms in total. The molecule has 4 rings (SSSR count). The number of aliphatic hydroxyl groups is 14. The van der Waals surface area contributed by atoms with E-state index < -0.39 is 149 Å². The molecular weight excluding hydrogens is 624 g/mol. The molecule has 264 valence electrons. The molecule has 21 heteroatoms. The van der Waals surface area contributed by atoms with Crippen molar-refractivity contribution in [3.63, 3.8) is 0 Å². The van der Waals surface area contributed by atoms with Crippen molar-refractivity contribution in [2.75, 3.05) is 26.4 Å². The molecule has 0 unspecified atom stereocenters. The third-order valence-corrected chi connectivity index (χ3v) is 8.15. The van der Waals surface area contributed by atoms with E-state index in [1.54, 1.807) is 0 Å². The molecular formula is C24H42O21. The topological polar surface area (TPSA) is 348 Å². The minimum Gasteiger partial charge on any atom is -0.394 e. The number of hydrogen-bond donors (Lipinski definition) is 14. The van der Waals surface area contributed by atoms with E-state index in [0.29, 0.717) is 0 Å². The standard InChI is InChI=1S/C24H42O21/c25-1-5-9(26)14(31)18(35)22(43-5)40-3-7-11(28)16(33)20(37)24(45-7)41-4-8-12(29)15(32)19(36)23(44-8)39-2-6-10(27)13(30)17(34)21(38)42-6/h5-38H,1-4H2/t5-,6-,7-,8-,9+,10+,11+,12+,13+,14+,15+,16+,17-,18-,19-,20-,21-,22+,23-,24+/m1/s1. The Kier molecular flexibility index (Phi) is 12.8. The van der Waals surface area contributed by atoms with Gasteiger partial charge in [0.05, 0.1) is 26.4 Å². The summed E-state index contributed by atoms with van der Waals surface area (Å²) in [6, 6.07) is 0. The number of ether oxygens (including phenoxy) is 7. The van der Waals surface area contributed by atoms with Crippen LogP contribution in [0.15, 0.2) is 0 Å². The molecule has 0 aromatic carbocycles. The zero-order valence-electron chi connectivity index (χ0n) is 23.5. The first-order valence-corrected chi connectivity index (χ1v) is 14.1. The summed E-state index contributed by atoms with van der Waals surface area (Å²) in [4.78, 5) is 0. The van der Waals surface area contributed by atoms with Gasteiger partial charge in [-0.1, -0.05) is 0 Å². The SMILES string of the molecule is OC[C@H]1O[C@H](OC[C@H]2O[C@H](OC[C@H]3O[C@@H](OC[C@H]4O[C@@H](O)[C@H](O)[C@@H](O)[C@H]4O)[C@H](O)[C@@H](O)[C@H]3O)[C@H](O)[C@@H](O)[C@H]2O)[C@H](O)[C@@H](O)[C@H]1O. The lowest BCUT2D eigenvalue weighted by Gasteiger charge is -2.44. The van der Waals surface area contributed by atoms with E-state index in [4.69, 9.17) is 33.2 Å². The predicted octanol–water partition coefficient (Wildman–Crippen LogP) is -9.75. The zero-order valence-corrected chi connectivity index (χ0v) is 23.5. The first kappa shape index (κ1) is 37.0. The van der Waals surface area contributed by atoms with Crippen LogP contribution in [0.25, 0.3) is 0 Å². The summed E-state index contributed by atoms with van der Waals surface area (Å²) in [5.74, 6) is 0. The van der Waals surface area contributed by atoms with Gasteiger partial charge >= 0.3 is 0 Å². The first-order chi connectivity index (χ1) is 21.2. The second-order valence-corrected chi connectivity index (χ2v) is 11.3. The highest BCUT2D eigenvalue weighted by Gasteiger charge is 2.50. The van der Waals surface area contributed by atoms with Gasteiger partial charge in [0.25, 0.3) is 0 Å². The van der Waals surface area contributed by atoms with Gasteiger partial charge in [0.15, 0.2) is 25.2 Å². The van der Waals surface area contributed by atoms with Crippen LogP contribution in [0.5, 0.6) is 0 Å². The summed E-state index contributed by atoms with van der Waals surface area (Å²) in [5.41, 5.74) is 0. The van der Waals surface area contributed by atoms with Gasteiger partial charge in [-0.15, -0.1) is 0 Å². The monoisotopic (exact) mass is 666 g/mol. The summed E-state index contributed by atoms with van der Waals surface area (Å²) in [6.07, 6.45) is -34.1. The van der Waals surface area contributed by atoms with E-state index in [1.165, 1.54) is 0 Å². The third kappa shape index (κ3) is 7.91. The molecule has 0 aliphatic carbocycles. The zero-order chi connectivity index (χ0) is 33.3. The second kappa shape index (κ2) is 15.6. The van der Waals surface area contributed by atoms with Crippen molar-refractivity contribution in [1.82, 2.24) is 0 Å². The van der Waals surface area contributed by atoms with Gasteiger partial charge in [0, 0.05) is 0 Å². The van der Waals surface area contributed by atoms with Crippen LogP contribution in [0.1, 0.15) is 0 Å². The Morgan fingerprint density at radius 3 is 0.978 bits per heavy atom. The van der Waals surface area contributed by atoms with E-state index in [2.05, 4.69) is 0 Å². The van der Waals surface area contributed by atoms with Crippen molar-refractivity contribution < 1.29 is 105 Å². The maximum Gasteiger partial charge on any atom is 0.186 e. The van der Waals surface area contributed by atoms with E-state index >= 15 is 0 Å². The molecule has 0 radical (unpaired) electrons. The fraction of sp³-hybridized carbons (Fsp3) is 1.00. The normalized spacial score (nSPS) is 52.9. The van der Waals surface area contributed by atoms with Crippen LogP contribution in [0.4, 0.5) is 0 Å². The highest BCUT2D eigenvalue weighted by molar-refractivity contribution is 4.94. The van der Waals surface area contributed by atoms with Crippen LogP contribution in [-0.4, -0.2) is 221 Å². The molecule has 0 spiro atoms. The molecule has 4 fully saturated rings. The Hall–Kier alpha value is -0.840. The third-order valence-electron chi connectivity index (χ3n) is 8.15. The molecule has 0 saturated carbocycles. The van der Waals surface area contributed by atoms with Crippen LogP contribution in [0, 0.1) is 0 Å². The fourth-order valence-corrected chi connectivity index (χ4v) is 5.23. The summed E-state index contributed by atoms with van der Waals surface area (Å²) in [7, 11) is 0. The smallest absolute Gasteiger partial charge is 0.186 e. The predicted molar refractivity (Wildman–Crippen MR) is 134 cm³/mol. The maximum absolute atomic E-state index is 10.4. The second-order valence-electron chi connectivity index (χ2n) is 11.3. The minimum atomic E-state index is -1.88. The van der Waals surface area contributed by atoms with E-state index in [-0.39, 0.29) is 0 Å². The average molecular weight is 667 g/mol. The van der Waals surface area contributed by atoms with Gasteiger partial charge < -0.3 is 105 Å². The Balaban J connectivity index is 1.33. The molecule has 0 aromatic heterocycles. The number of aliphatic hydroxyl groups excluding tert-OH is 14. The van der Waals surface area contributed by atoms with Gasteiger partial charge in [-0.2, -0.15) is 0 Å². The molecule has 0 aromatic rings. The Morgan fingerprint density at radius 1 is 0.333 bits per heavy atom. The molecule has 4 aliphatic heterocycles. The summed E-state index contributed by atoms with van der Waals surface area (Å²) < 4.78 is 37.2. The number of rotatable bonds is 10. The van der Waals surface area contributed by atoms with E-state index in [1.807, 2.05) is 0 Å². The Morgan fingerprint density at radius 2 is 0.622 bits per heavy atom. The highest BCUT2D eigenvalue weighted by Crippen LogP contribution is 2.29. The van der Waals surface area contributed by atoms with Crippen molar-refractivity contribution >= 4 is 0 Å². The highest BCUT2D eigenvalue weighted by atomic mass is 16.7. The molecule has 4 saturated heterocycles. The average Bonchev–Trinajstić information content (AvgIpc) is 3.02. The van der Waals surface area contributed by atoms with Gasteiger partial charge in [-0.3, -0.25) is 0 Å². The van der Waals surface area contributed by atoms with Crippen molar-refractivity contribution in [2.45, 2.75) is 123 Å². The van der Waals surface area contributed by atoms with Gasteiger partial charge in [-0.25, -0.2) is 0 Å². The minimum absolute atomic E-state index is 0.633. The maximum atomic E-state index is 10.4. The number of hydrogen-bond acceptors (Lipinski definition) is 21. The molecule has 0 amide bonds. The molecule has 0 bridgehead atoms. The summed E-state index contributed by atoms with van der Waals surface area (Å²) >= 11 is 0. The van der Waals surface area contributed by atoms with Gasteiger partial charge in [0.1, 0.15) is 97.7 Å². The Bertz CT molecular complexity index is 916. The molecule has 4 aliphatic rings. The largest absolute Gasteiger partial charge is 0.394 e. The van der Waals surface area contributed by atoms with Gasteiger partial charge in [-0.05, 0) is 0 Å². The van der Waals surface area contributed by atoms with Crippen molar-refractivity contribution in [3.05, 3.63) is 0 Å².